The number of amides is 1. The zero-order valence-electron chi connectivity index (χ0n) is 10.7. The van der Waals surface area contributed by atoms with Gasteiger partial charge in [0, 0.05) is 23.6 Å². The first-order valence-electron chi connectivity index (χ1n) is 6.39. The van der Waals surface area contributed by atoms with Crippen molar-refractivity contribution in [1.82, 2.24) is 10.2 Å². The monoisotopic (exact) mass is 310 g/mol. The van der Waals surface area contributed by atoms with Gasteiger partial charge in [-0.25, -0.2) is 0 Å². The maximum Gasteiger partial charge on any atom is 0.227 e. The van der Waals surface area contributed by atoms with Crippen molar-refractivity contribution in [1.29, 1.82) is 0 Å². The van der Waals surface area contributed by atoms with Gasteiger partial charge < -0.3 is 10.2 Å². The first-order valence-corrected chi connectivity index (χ1v) is 7.18. The fourth-order valence-corrected chi connectivity index (χ4v) is 2.76. The van der Waals surface area contributed by atoms with E-state index in [4.69, 9.17) is 0 Å². The number of benzene rings is 1. The summed E-state index contributed by atoms with van der Waals surface area (Å²) in [6.45, 7) is 1.74. The van der Waals surface area contributed by atoms with Gasteiger partial charge in [0.1, 0.15) is 0 Å². The van der Waals surface area contributed by atoms with E-state index in [1.165, 1.54) is 0 Å². The van der Waals surface area contributed by atoms with Crippen molar-refractivity contribution in [3.63, 3.8) is 0 Å². The van der Waals surface area contributed by atoms with E-state index in [1.54, 1.807) is 0 Å². The fraction of sp³-hybridized carbons (Fsp3) is 0.500. The summed E-state index contributed by atoms with van der Waals surface area (Å²) in [7, 11) is 1.99. The number of nitrogens with one attached hydrogen (secondary N) is 1. The Morgan fingerprint density at radius 1 is 1.39 bits per heavy atom. The minimum absolute atomic E-state index is 0.233. The molecule has 1 heterocycles. The summed E-state index contributed by atoms with van der Waals surface area (Å²) in [6.07, 6.45) is 2.60. The third-order valence-corrected chi connectivity index (χ3v) is 4.33. The lowest BCUT2D eigenvalue weighted by Crippen LogP contribution is -2.44. The maximum absolute atomic E-state index is 12.2. The number of rotatable bonds is 3. The van der Waals surface area contributed by atoms with Crippen LogP contribution in [-0.2, 0) is 11.2 Å². The molecule has 1 amide bonds. The minimum Gasteiger partial charge on any atom is -0.342 e. The van der Waals surface area contributed by atoms with Crippen LogP contribution in [0.25, 0.3) is 0 Å². The van der Waals surface area contributed by atoms with Crippen LogP contribution in [0.4, 0.5) is 0 Å². The van der Waals surface area contributed by atoms with Crippen LogP contribution in [0.1, 0.15) is 18.4 Å². The second kappa shape index (κ2) is 6.34. The Morgan fingerprint density at radius 3 is 2.67 bits per heavy atom. The number of carbonyl (C=O) groups is 1. The molecule has 1 aliphatic heterocycles. The molecule has 2 rings (SSSR count). The zero-order valence-corrected chi connectivity index (χ0v) is 12.2. The Bertz CT molecular complexity index is 414. The van der Waals surface area contributed by atoms with Crippen LogP contribution in [0.3, 0.4) is 0 Å². The normalized spacial score (nSPS) is 16.9. The van der Waals surface area contributed by atoms with Crippen LogP contribution >= 0.6 is 15.9 Å². The summed E-state index contributed by atoms with van der Waals surface area (Å²) in [5, 5.41) is 3.28. The average Bonchev–Trinajstić information content (AvgIpc) is 2.41. The molecule has 1 saturated heterocycles. The Hall–Kier alpha value is -0.870. The Kier molecular flexibility index (Phi) is 4.78. The summed E-state index contributed by atoms with van der Waals surface area (Å²) >= 11 is 3.49. The van der Waals surface area contributed by atoms with Crippen LogP contribution in [0, 0.1) is 0 Å². The summed E-state index contributed by atoms with van der Waals surface area (Å²) in [6, 6.07) is 8.49. The number of likely N-dealkylation sites (tertiary alicyclic amines) is 1. The molecule has 0 spiro atoms. The lowest BCUT2D eigenvalue weighted by Gasteiger charge is -2.32. The second-order valence-electron chi connectivity index (χ2n) is 4.71. The number of piperidine rings is 1. The van der Waals surface area contributed by atoms with Gasteiger partial charge in [-0.1, -0.05) is 34.1 Å². The molecule has 4 heteroatoms. The molecule has 1 fully saturated rings. The van der Waals surface area contributed by atoms with Crippen LogP contribution in [0.15, 0.2) is 28.7 Å². The Balaban J connectivity index is 1.91. The predicted molar refractivity (Wildman–Crippen MR) is 76.5 cm³/mol. The van der Waals surface area contributed by atoms with E-state index in [9.17, 15) is 4.79 Å². The molecule has 1 N–H and O–H groups in total. The average molecular weight is 311 g/mol. The van der Waals surface area contributed by atoms with E-state index in [0.29, 0.717) is 12.5 Å². The van der Waals surface area contributed by atoms with E-state index >= 15 is 0 Å². The van der Waals surface area contributed by atoms with Gasteiger partial charge in [0.05, 0.1) is 6.42 Å². The van der Waals surface area contributed by atoms with Crippen LogP contribution < -0.4 is 5.32 Å². The van der Waals surface area contributed by atoms with Crippen molar-refractivity contribution >= 4 is 21.8 Å². The van der Waals surface area contributed by atoms with E-state index in [-0.39, 0.29) is 5.91 Å². The smallest absolute Gasteiger partial charge is 0.227 e. The van der Waals surface area contributed by atoms with Gasteiger partial charge in [0.2, 0.25) is 5.91 Å². The largest absolute Gasteiger partial charge is 0.342 e. The number of hydrogen-bond acceptors (Lipinski definition) is 2. The molecule has 0 saturated carbocycles. The molecule has 0 aromatic heterocycles. The van der Waals surface area contributed by atoms with E-state index < -0.39 is 0 Å². The van der Waals surface area contributed by atoms with Crippen LogP contribution in [-0.4, -0.2) is 37.0 Å². The topological polar surface area (TPSA) is 32.3 Å². The molecule has 1 aliphatic rings. The first-order chi connectivity index (χ1) is 8.70. The summed E-state index contributed by atoms with van der Waals surface area (Å²) in [4.78, 5) is 14.2. The molecular formula is C14H19BrN2O. The Morgan fingerprint density at radius 2 is 2.06 bits per heavy atom. The quantitative estimate of drug-likeness (QED) is 0.928. The lowest BCUT2D eigenvalue weighted by atomic mass is 10.0. The highest BCUT2D eigenvalue weighted by atomic mass is 79.9. The summed E-state index contributed by atoms with van der Waals surface area (Å²) in [5.41, 5.74) is 1.07. The van der Waals surface area contributed by atoms with Gasteiger partial charge in [0.25, 0.3) is 0 Å². The minimum atomic E-state index is 0.233. The first kappa shape index (κ1) is 13.6. The van der Waals surface area contributed by atoms with Gasteiger partial charge in [-0.2, -0.15) is 0 Å². The van der Waals surface area contributed by atoms with Crippen molar-refractivity contribution in [3.8, 4) is 0 Å². The van der Waals surface area contributed by atoms with Crippen molar-refractivity contribution in [2.75, 3.05) is 20.1 Å². The lowest BCUT2D eigenvalue weighted by molar-refractivity contribution is -0.131. The molecule has 3 nitrogen and oxygen atoms in total. The van der Waals surface area contributed by atoms with Crippen LogP contribution in [0.5, 0.6) is 0 Å². The molecule has 0 aliphatic carbocycles. The molecule has 18 heavy (non-hydrogen) atoms. The van der Waals surface area contributed by atoms with Crippen molar-refractivity contribution < 1.29 is 4.79 Å². The highest BCUT2D eigenvalue weighted by Gasteiger charge is 2.21. The fourth-order valence-electron chi connectivity index (χ4n) is 2.33. The molecular weight excluding hydrogens is 292 g/mol. The molecule has 1 aromatic carbocycles. The van der Waals surface area contributed by atoms with Gasteiger partial charge in [0.15, 0.2) is 0 Å². The van der Waals surface area contributed by atoms with E-state index in [0.717, 1.165) is 36.0 Å². The van der Waals surface area contributed by atoms with Gasteiger partial charge in [-0.05, 0) is 31.5 Å². The zero-order chi connectivity index (χ0) is 13.0. The highest BCUT2D eigenvalue weighted by Crippen LogP contribution is 2.18. The van der Waals surface area contributed by atoms with Crippen molar-refractivity contribution in [2.45, 2.75) is 25.3 Å². The summed E-state index contributed by atoms with van der Waals surface area (Å²) < 4.78 is 1.02. The Labute approximate surface area is 117 Å². The number of nitrogens with zero attached hydrogens (tertiary/aromatic N) is 1. The molecule has 0 bridgehead atoms. The van der Waals surface area contributed by atoms with E-state index in [1.807, 2.05) is 36.2 Å². The predicted octanol–water partition coefficient (Wildman–Crippen LogP) is 2.20. The summed E-state index contributed by atoms with van der Waals surface area (Å²) in [5.74, 6) is 0.233. The maximum atomic E-state index is 12.2. The third kappa shape index (κ3) is 3.33. The van der Waals surface area contributed by atoms with Gasteiger partial charge in [-0.3, -0.25) is 4.79 Å². The van der Waals surface area contributed by atoms with Crippen molar-refractivity contribution in [3.05, 3.63) is 34.3 Å². The van der Waals surface area contributed by atoms with E-state index in [2.05, 4.69) is 21.2 Å². The number of carbonyl (C=O) groups excluding carboxylic acids is 1. The number of halogens is 1. The van der Waals surface area contributed by atoms with Crippen LogP contribution in [0.2, 0.25) is 0 Å². The molecule has 98 valence electrons. The molecule has 0 radical (unpaired) electrons. The SMILES string of the molecule is CNC1CCN(C(=O)Cc2ccccc2Br)CC1. The molecule has 0 unspecified atom stereocenters. The number of hydrogen-bond donors (Lipinski definition) is 1. The highest BCUT2D eigenvalue weighted by molar-refractivity contribution is 9.10. The van der Waals surface area contributed by atoms with Gasteiger partial charge >= 0.3 is 0 Å². The second-order valence-corrected chi connectivity index (χ2v) is 5.57. The molecule has 1 aromatic rings. The standard InChI is InChI=1S/C14H19BrN2O/c1-16-12-6-8-17(9-7-12)14(18)10-11-4-2-3-5-13(11)15/h2-5,12,16H,6-10H2,1H3. The van der Waals surface area contributed by atoms with Gasteiger partial charge in [-0.15, -0.1) is 0 Å². The third-order valence-electron chi connectivity index (χ3n) is 3.56. The molecule has 0 atom stereocenters. The van der Waals surface area contributed by atoms with Crippen molar-refractivity contribution in [2.24, 2.45) is 0 Å².